The van der Waals surface area contributed by atoms with E-state index in [4.69, 9.17) is 16.3 Å². The molecule has 132 valence electrons. The van der Waals surface area contributed by atoms with E-state index in [1.54, 1.807) is 0 Å². The van der Waals surface area contributed by atoms with Crippen molar-refractivity contribution in [2.45, 2.75) is 31.0 Å². The van der Waals surface area contributed by atoms with Crippen LogP contribution < -0.4 is 10.2 Å². The van der Waals surface area contributed by atoms with Gasteiger partial charge in [0.05, 0.1) is 22.8 Å². The Morgan fingerprint density at radius 1 is 1.33 bits per heavy atom. The molecule has 2 aliphatic heterocycles. The van der Waals surface area contributed by atoms with E-state index in [2.05, 4.69) is 10.3 Å². The number of hydrogen-bond donors (Lipinski definition) is 1. The number of rotatable bonds is 1. The predicted octanol–water partition coefficient (Wildman–Crippen LogP) is 2.63. The second-order valence-electron chi connectivity index (χ2n) is 6.07. The number of pyridine rings is 1. The van der Waals surface area contributed by atoms with E-state index >= 15 is 0 Å². The lowest BCUT2D eigenvalue weighted by atomic mass is 9.91. The second-order valence-corrected chi connectivity index (χ2v) is 6.48. The smallest absolute Gasteiger partial charge is 0.372 e. The monoisotopic (exact) mass is 363 g/mol. The van der Waals surface area contributed by atoms with Gasteiger partial charge in [-0.3, -0.25) is 4.79 Å². The maximum Gasteiger partial charge on any atom is 0.417 e. The molecule has 0 unspecified atom stereocenters. The summed E-state index contributed by atoms with van der Waals surface area (Å²) in [5.74, 6) is 0.318. The quantitative estimate of drug-likeness (QED) is 0.833. The van der Waals surface area contributed by atoms with E-state index < -0.39 is 17.3 Å². The predicted molar refractivity (Wildman–Crippen MR) is 82.0 cm³/mol. The van der Waals surface area contributed by atoms with Gasteiger partial charge in [0.25, 0.3) is 0 Å². The number of aromatic nitrogens is 1. The topological polar surface area (TPSA) is 54.5 Å². The molecule has 0 aliphatic carbocycles. The van der Waals surface area contributed by atoms with Crippen LogP contribution in [0.1, 0.15) is 24.8 Å². The minimum Gasteiger partial charge on any atom is -0.372 e. The van der Waals surface area contributed by atoms with Gasteiger partial charge in [-0.25, -0.2) is 4.98 Å². The van der Waals surface area contributed by atoms with Gasteiger partial charge in [0, 0.05) is 32.3 Å². The van der Waals surface area contributed by atoms with Gasteiger partial charge in [-0.05, 0) is 18.9 Å². The minimum absolute atomic E-state index is 0.0177. The van der Waals surface area contributed by atoms with E-state index in [1.165, 1.54) is 0 Å². The van der Waals surface area contributed by atoms with Crippen molar-refractivity contribution in [1.29, 1.82) is 0 Å². The highest BCUT2D eigenvalue weighted by atomic mass is 35.5. The average molecular weight is 364 g/mol. The molecule has 1 spiro atoms. The molecule has 3 rings (SSSR count). The fourth-order valence-corrected chi connectivity index (χ4v) is 3.31. The van der Waals surface area contributed by atoms with Crippen molar-refractivity contribution in [2.24, 2.45) is 0 Å². The standard InChI is InChI=1S/C15H17ClF3N3O2/c16-11-7-10(15(17,18)19)8-20-13(11)22-4-2-14(3-5-22)9-21-12(23)1-6-24-14/h7-8H,1-6,9H2,(H,21,23). The van der Waals surface area contributed by atoms with Gasteiger partial charge in [0.1, 0.15) is 5.82 Å². The molecule has 5 nitrogen and oxygen atoms in total. The summed E-state index contributed by atoms with van der Waals surface area (Å²) in [4.78, 5) is 17.2. The van der Waals surface area contributed by atoms with E-state index in [9.17, 15) is 18.0 Å². The first-order valence-electron chi connectivity index (χ1n) is 7.67. The third kappa shape index (κ3) is 3.59. The van der Waals surface area contributed by atoms with Crippen molar-refractivity contribution in [3.8, 4) is 0 Å². The molecule has 0 aromatic carbocycles. The van der Waals surface area contributed by atoms with Crippen molar-refractivity contribution in [1.82, 2.24) is 10.3 Å². The highest BCUT2D eigenvalue weighted by Crippen LogP contribution is 2.36. The third-order valence-corrected chi connectivity index (χ3v) is 4.75. The molecular weight excluding hydrogens is 347 g/mol. The van der Waals surface area contributed by atoms with E-state index in [-0.39, 0.29) is 10.9 Å². The largest absolute Gasteiger partial charge is 0.417 e. The number of piperidine rings is 1. The maximum atomic E-state index is 12.7. The molecule has 0 bridgehead atoms. The molecule has 0 saturated carbocycles. The molecule has 2 fully saturated rings. The molecule has 0 atom stereocenters. The summed E-state index contributed by atoms with van der Waals surface area (Å²) >= 11 is 6.00. The SMILES string of the molecule is O=C1CCOC2(CCN(c3ncc(C(F)(F)F)cc3Cl)CC2)CN1. The van der Waals surface area contributed by atoms with E-state index in [0.717, 1.165) is 12.3 Å². The molecule has 2 saturated heterocycles. The fraction of sp³-hybridized carbons (Fsp3) is 0.600. The number of carbonyl (C=O) groups excluding carboxylic acids is 1. The third-order valence-electron chi connectivity index (χ3n) is 4.47. The molecule has 1 aromatic rings. The van der Waals surface area contributed by atoms with Crippen molar-refractivity contribution in [3.63, 3.8) is 0 Å². The Labute approximate surface area is 142 Å². The summed E-state index contributed by atoms with van der Waals surface area (Å²) in [6, 6.07) is 0.899. The Balaban J connectivity index is 1.69. The maximum absolute atomic E-state index is 12.7. The molecule has 1 amide bonds. The molecule has 1 N–H and O–H groups in total. The number of amides is 1. The van der Waals surface area contributed by atoms with Crippen LogP contribution in [-0.2, 0) is 15.7 Å². The number of halogens is 4. The summed E-state index contributed by atoms with van der Waals surface area (Å²) in [5.41, 5.74) is -1.28. The number of nitrogens with one attached hydrogen (secondary N) is 1. The molecule has 9 heteroatoms. The van der Waals surface area contributed by atoms with Crippen molar-refractivity contribution < 1.29 is 22.7 Å². The first-order chi connectivity index (χ1) is 11.3. The number of alkyl halides is 3. The molecule has 0 radical (unpaired) electrons. The Morgan fingerprint density at radius 2 is 2.04 bits per heavy atom. The number of carbonyl (C=O) groups is 1. The molecule has 24 heavy (non-hydrogen) atoms. The lowest BCUT2D eigenvalue weighted by Crippen LogP contribution is -2.51. The van der Waals surface area contributed by atoms with Crippen LogP contribution in [-0.4, -0.2) is 42.7 Å². The minimum atomic E-state index is -4.46. The van der Waals surface area contributed by atoms with Crippen LogP contribution in [0.5, 0.6) is 0 Å². The van der Waals surface area contributed by atoms with E-state index in [0.29, 0.717) is 51.3 Å². The van der Waals surface area contributed by atoms with Crippen LogP contribution >= 0.6 is 11.6 Å². The van der Waals surface area contributed by atoms with Crippen LogP contribution in [0.3, 0.4) is 0 Å². The van der Waals surface area contributed by atoms with Gasteiger partial charge >= 0.3 is 6.18 Å². The zero-order chi connectivity index (χ0) is 17.4. The van der Waals surface area contributed by atoms with Crippen molar-refractivity contribution in [3.05, 3.63) is 22.8 Å². The lowest BCUT2D eigenvalue weighted by Gasteiger charge is -2.41. The lowest BCUT2D eigenvalue weighted by molar-refractivity contribution is -0.137. The van der Waals surface area contributed by atoms with Gasteiger partial charge in [-0.1, -0.05) is 11.6 Å². The Kier molecular flexibility index (Phi) is 4.61. The second kappa shape index (κ2) is 6.40. The Hall–Kier alpha value is -1.54. The van der Waals surface area contributed by atoms with Crippen LogP contribution in [0, 0.1) is 0 Å². The van der Waals surface area contributed by atoms with Gasteiger partial charge in [-0.2, -0.15) is 13.2 Å². The summed E-state index contributed by atoms with van der Waals surface area (Å²) in [6.07, 6.45) is -2.03. The van der Waals surface area contributed by atoms with Crippen molar-refractivity contribution >= 4 is 23.3 Å². The number of anilines is 1. The van der Waals surface area contributed by atoms with Crippen LogP contribution in [0.2, 0.25) is 5.02 Å². The summed E-state index contributed by atoms with van der Waals surface area (Å²) in [5, 5.41) is 2.83. The van der Waals surface area contributed by atoms with Crippen LogP contribution in [0.4, 0.5) is 19.0 Å². The molecule has 1 aromatic heterocycles. The average Bonchev–Trinajstić information content (AvgIpc) is 2.70. The van der Waals surface area contributed by atoms with Gasteiger partial charge in [0.2, 0.25) is 5.91 Å². The summed E-state index contributed by atoms with van der Waals surface area (Å²) in [6.45, 7) is 1.93. The first kappa shape index (κ1) is 17.3. The molecule has 2 aliphatic rings. The Morgan fingerprint density at radius 3 is 2.67 bits per heavy atom. The number of nitrogens with zero attached hydrogens (tertiary/aromatic N) is 2. The van der Waals surface area contributed by atoms with Gasteiger partial charge < -0.3 is 15.0 Å². The number of ether oxygens (including phenoxy) is 1. The molecule has 3 heterocycles. The zero-order valence-corrected chi connectivity index (χ0v) is 13.6. The zero-order valence-electron chi connectivity index (χ0n) is 12.8. The molecular formula is C15H17ClF3N3O2. The summed E-state index contributed by atoms with van der Waals surface area (Å²) in [7, 11) is 0. The normalized spacial score (nSPS) is 21.5. The highest BCUT2D eigenvalue weighted by molar-refractivity contribution is 6.33. The first-order valence-corrected chi connectivity index (χ1v) is 8.05. The van der Waals surface area contributed by atoms with Gasteiger partial charge in [-0.15, -0.1) is 0 Å². The number of hydrogen-bond acceptors (Lipinski definition) is 4. The van der Waals surface area contributed by atoms with Crippen LogP contribution in [0.15, 0.2) is 12.3 Å². The van der Waals surface area contributed by atoms with E-state index in [1.807, 2.05) is 4.90 Å². The van der Waals surface area contributed by atoms with Crippen LogP contribution in [0.25, 0.3) is 0 Å². The highest BCUT2D eigenvalue weighted by Gasteiger charge is 2.38. The Bertz CT molecular complexity index is 631. The van der Waals surface area contributed by atoms with Crippen molar-refractivity contribution in [2.75, 3.05) is 31.1 Å². The van der Waals surface area contributed by atoms with Gasteiger partial charge in [0.15, 0.2) is 0 Å². The summed E-state index contributed by atoms with van der Waals surface area (Å²) < 4.78 is 43.9. The fourth-order valence-electron chi connectivity index (χ4n) is 3.02.